The molecule has 158 valence electrons. The van der Waals surface area contributed by atoms with Crippen LogP contribution in [0, 0.1) is 0 Å². The Hall–Kier alpha value is -1.51. The summed E-state index contributed by atoms with van der Waals surface area (Å²) < 4.78 is 5.57. The highest BCUT2D eigenvalue weighted by Crippen LogP contribution is 2.24. The molecule has 0 radical (unpaired) electrons. The molecule has 1 fully saturated rings. The number of hydrogen-bond donors (Lipinski definition) is 0. The molecule has 0 unspecified atom stereocenters. The number of carbonyl (C=O) groups is 1. The Bertz CT molecular complexity index is 573. The second-order valence-corrected chi connectivity index (χ2v) is 9.34. The summed E-state index contributed by atoms with van der Waals surface area (Å²) in [7, 11) is 0. The van der Waals surface area contributed by atoms with Crippen molar-refractivity contribution >= 4 is 6.09 Å². The topological polar surface area (TPSA) is 29.5 Å². The first-order chi connectivity index (χ1) is 13.4. The van der Waals surface area contributed by atoms with Crippen molar-refractivity contribution in [3.05, 3.63) is 35.4 Å². The Balaban J connectivity index is 1.72. The normalized spacial score (nSPS) is 17.1. The third-order valence-electron chi connectivity index (χ3n) is 5.61. The molecule has 3 heteroatoms. The molecule has 0 aromatic heterocycles. The number of unbranched alkanes of at least 4 members (excludes halogenated alkanes) is 5. The number of amides is 1. The Morgan fingerprint density at radius 1 is 1.00 bits per heavy atom. The van der Waals surface area contributed by atoms with Gasteiger partial charge in [-0.25, -0.2) is 4.79 Å². The lowest BCUT2D eigenvalue weighted by atomic mass is 10.00. The van der Waals surface area contributed by atoms with Gasteiger partial charge in [0.15, 0.2) is 0 Å². The van der Waals surface area contributed by atoms with Gasteiger partial charge in [-0.15, -0.1) is 0 Å². The Labute approximate surface area is 172 Å². The van der Waals surface area contributed by atoms with E-state index in [4.69, 9.17) is 4.74 Å². The molecule has 0 N–H and O–H groups in total. The average Bonchev–Trinajstić information content (AvgIpc) is 3.11. The second-order valence-electron chi connectivity index (χ2n) is 9.34. The van der Waals surface area contributed by atoms with Crippen LogP contribution >= 0.6 is 0 Å². The molecule has 0 spiro atoms. The summed E-state index contributed by atoms with van der Waals surface area (Å²) in [5, 5.41) is 0. The number of benzene rings is 1. The highest BCUT2D eigenvalue weighted by Gasteiger charge is 2.31. The molecule has 1 aliphatic rings. The van der Waals surface area contributed by atoms with Gasteiger partial charge >= 0.3 is 6.09 Å². The zero-order valence-corrected chi connectivity index (χ0v) is 18.6. The van der Waals surface area contributed by atoms with Crippen molar-refractivity contribution in [2.24, 2.45) is 0 Å². The van der Waals surface area contributed by atoms with E-state index in [2.05, 4.69) is 31.2 Å². The molecule has 0 bridgehead atoms. The van der Waals surface area contributed by atoms with Crippen molar-refractivity contribution in [1.82, 2.24) is 4.90 Å². The maximum absolute atomic E-state index is 12.4. The first kappa shape index (κ1) is 22.8. The minimum absolute atomic E-state index is 0.149. The molecule has 1 amide bonds. The molecular formula is C25H41NO2. The highest BCUT2D eigenvalue weighted by molar-refractivity contribution is 5.68. The lowest BCUT2D eigenvalue weighted by Crippen LogP contribution is -2.40. The lowest BCUT2D eigenvalue weighted by Gasteiger charge is -2.28. The number of hydrogen-bond acceptors (Lipinski definition) is 2. The van der Waals surface area contributed by atoms with E-state index in [1.54, 1.807) is 0 Å². The minimum Gasteiger partial charge on any atom is -0.444 e. The van der Waals surface area contributed by atoms with E-state index in [1.165, 1.54) is 56.1 Å². The van der Waals surface area contributed by atoms with Crippen molar-refractivity contribution < 1.29 is 9.53 Å². The first-order valence-corrected chi connectivity index (χ1v) is 11.5. The van der Waals surface area contributed by atoms with Crippen molar-refractivity contribution in [3.8, 4) is 0 Å². The predicted octanol–water partition coefficient (Wildman–Crippen LogP) is 6.92. The van der Waals surface area contributed by atoms with Crippen LogP contribution in [-0.2, 0) is 17.6 Å². The molecule has 1 saturated heterocycles. The standard InChI is InChI=1S/C25H41NO2/c1-5-6-7-8-9-10-12-21-14-16-22(17-15-21)18-19-23-13-11-20-26(23)24(27)28-25(2,3)4/h14-17,23H,5-13,18-20H2,1-4H3/t23-/m0/s1. The van der Waals surface area contributed by atoms with Gasteiger partial charge in [-0.3, -0.25) is 0 Å². The maximum Gasteiger partial charge on any atom is 0.410 e. The highest BCUT2D eigenvalue weighted by atomic mass is 16.6. The van der Waals surface area contributed by atoms with Gasteiger partial charge in [-0.2, -0.15) is 0 Å². The molecule has 1 atom stereocenters. The molecule has 0 saturated carbocycles. The van der Waals surface area contributed by atoms with Crippen molar-refractivity contribution in [2.45, 2.75) is 110 Å². The Kier molecular flexibility index (Phi) is 9.34. The number of rotatable bonds is 10. The molecule has 1 aromatic carbocycles. The van der Waals surface area contributed by atoms with Gasteiger partial charge in [0.25, 0.3) is 0 Å². The van der Waals surface area contributed by atoms with Gasteiger partial charge in [0, 0.05) is 12.6 Å². The minimum atomic E-state index is -0.421. The summed E-state index contributed by atoms with van der Waals surface area (Å²) in [6, 6.07) is 9.46. The summed E-state index contributed by atoms with van der Waals surface area (Å²) in [5.74, 6) is 0. The summed E-state index contributed by atoms with van der Waals surface area (Å²) in [6.45, 7) is 8.90. The summed E-state index contributed by atoms with van der Waals surface area (Å²) in [4.78, 5) is 14.4. The number of likely N-dealkylation sites (tertiary alicyclic amines) is 1. The molecule has 2 rings (SSSR count). The largest absolute Gasteiger partial charge is 0.444 e. The zero-order chi connectivity index (χ0) is 20.4. The summed E-state index contributed by atoms with van der Waals surface area (Å²) in [6.07, 6.45) is 13.4. The van der Waals surface area contributed by atoms with Crippen LogP contribution in [0.2, 0.25) is 0 Å². The van der Waals surface area contributed by atoms with Gasteiger partial charge in [-0.1, -0.05) is 63.3 Å². The van der Waals surface area contributed by atoms with E-state index >= 15 is 0 Å². The molecule has 3 nitrogen and oxygen atoms in total. The van der Waals surface area contributed by atoms with Gasteiger partial charge in [-0.05, 0) is 70.4 Å². The van der Waals surface area contributed by atoms with Crippen LogP contribution in [0.4, 0.5) is 4.79 Å². The van der Waals surface area contributed by atoms with Gasteiger partial charge in [0.2, 0.25) is 0 Å². The third kappa shape index (κ3) is 8.24. The van der Waals surface area contributed by atoms with Crippen LogP contribution in [0.15, 0.2) is 24.3 Å². The molecule has 0 aliphatic carbocycles. The maximum atomic E-state index is 12.4. The van der Waals surface area contributed by atoms with E-state index in [-0.39, 0.29) is 6.09 Å². The zero-order valence-electron chi connectivity index (χ0n) is 18.6. The number of carbonyl (C=O) groups excluding carboxylic acids is 1. The third-order valence-corrected chi connectivity index (χ3v) is 5.61. The number of aryl methyl sites for hydroxylation is 2. The Morgan fingerprint density at radius 2 is 1.61 bits per heavy atom. The fraction of sp³-hybridized carbons (Fsp3) is 0.720. The molecule has 28 heavy (non-hydrogen) atoms. The smallest absolute Gasteiger partial charge is 0.410 e. The lowest BCUT2D eigenvalue weighted by molar-refractivity contribution is 0.0220. The van der Waals surface area contributed by atoms with Crippen LogP contribution in [0.3, 0.4) is 0 Å². The van der Waals surface area contributed by atoms with E-state index in [9.17, 15) is 4.79 Å². The van der Waals surface area contributed by atoms with Crippen molar-refractivity contribution in [2.75, 3.05) is 6.54 Å². The predicted molar refractivity (Wildman–Crippen MR) is 118 cm³/mol. The van der Waals surface area contributed by atoms with E-state index < -0.39 is 5.60 Å². The number of ether oxygens (including phenoxy) is 1. The summed E-state index contributed by atoms with van der Waals surface area (Å²) >= 11 is 0. The van der Waals surface area contributed by atoms with Crippen molar-refractivity contribution in [3.63, 3.8) is 0 Å². The Morgan fingerprint density at radius 3 is 2.25 bits per heavy atom. The van der Waals surface area contributed by atoms with Gasteiger partial charge in [0.1, 0.15) is 5.60 Å². The van der Waals surface area contributed by atoms with E-state index in [0.29, 0.717) is 6.04 Å². The molecule has 1 heterocycles. The van der Waals surface area contributed by atoms with Crippen LogP contribution in [0.25, 0.3) is 0 Å². The number of nitrogens with zero attached hydrogens (tertiary/aromatic N) is 1. The van der Waals surface area contributed by atoms with E-state index in [0.717, 1.165) is 32.2 Å². The first-order valence-electron chi connectivity index (χ1n) is 11.5. The van der Waals surface area contributed by atoms with Crippen LogP contribution in [0.5, 0.6) is 0 Å². The quantitative estimate of drug-likeness (QED) is 0.408. The molecular weight excluding hydrogens is 346 g/mol. The van der Waals surface area contributed by atoms with Crippen LogP contribution in [-0.4, -0.2) is 29.2 Å². The van der Waals surface area contributed by atoms with Gasteiger partial charge < -0.3 is 9.64 Å². The van der Waals surface area contributed by atoms with E-state index in [1.807, 2.05) is 25.7 Å². The molecule has 1 aromatic rings. The van der Waals surface area contributed by atoms with Gasteiger partial charge in [0.05, 0.1) is 0 Å². The monoisotopic (exact) mass is 387 g/mol. The second kappa shape index (κ2) is 11.5. The summed E-state index contributed by atoms with van der Waals surface area (Å²) in [5.41, 5.74) is 2.41. The van der Waals surface area contributed by atoms with Crippen LogP contribution in [0.1, 0.15) is 96.6 Å². The molecule has 1 aliphatic heterocycles. The van der Waals surface area contributed by atoms with Crippen molar-refractivity contribution in [1.29, 1.82) is 0 Å². The average molecular weight is 388 g/mol. The fourth-order valence-electron chi connectivity index (χ4n) is 4.01. The van der Waals surface area contributed by atoms with Crippen LogP contribution < -0.4 is 0 Å². The fourth-order valence-corrected chi connectivity index (χ4v) is 4.01. The SMILES string of the molecule is CCCCCCCCc1ccc(CC[C@@H]2CCCN2C(=O)OC(C)(C)C)cc1.